The minimum Gasteiger partial charge on any atom is -0.356 e. The summed E-state index contributed by atoms with van der Waals surface area (Å²) in [4.78, 5) is 25.0. The molecule has 1 aliphatic heterocycles. The molecular weight excluding hydrogens is 350 g/mol. The molecule has 2 aromatic rings. The topological polar surface area (TPSA) is 70.2 Å². The quantitative estimate of drug-likeness (QED) is 0.700. The molecule has 0 bridgehead atoms. The van der Waals surface area contributed by atoms with Gasteiger partial charge in [0.1, 0.15) is 0 Å². The lowest BCUT2D eigenvalue weighted by molar-refractivity contribution is -0.121. The highest BCUT2D eigenvalue weighted by atomic mass is 35.5. The first-order valence-corrected chi connectivity index (χ1v) is 9.09. The van der Waals surface area contributed by atoms with Crippen molar-refractivity contribution in [1.29, 1.82) is 0 Å². The second-order valence-electron chi connectivity index (χ2n) is 6.45. The molecule has 26 heavy (non-hydrogen) atoms. The van der Waals surface area contributed by atoms with Gasteiger partial charge < -0.3 is 16.0 Å². The van der Waals surface area contributed by atoms with E-state index in [1.165, 1.54) is 0 Å². The average Bonchev–Trinajstić information content (AvgIpc) is 2.61. The van der Waals surface area contributed by atoms with E-state index in [1.807, 2.05) is 30.3 Å². The van der Waals surface area contributed by atoms with E-state index >= 15 is 0 Å². The summed E-state index contributed by atoms with van der Waals surface area (Å²) in [5, 5.41) is 9.46. The Morgan fingerprint density at radius 1 is 1.08 bits per heavy atom. The summed E-state index contributed by atoms with van der Waals surface area (Å²) in [5.41, 5.74) is 1.28. The van der Waals surface area contributed by atoms with Crippen LogP contribution in [0.5, 0.6) is 0 Å². The Balaban J connectivity index is 1.68. The minimum atomic E-state index is -0.417. The molecule has 3 N–H and O–H groups in total. The van der Waals surface area contributed by atoms with E-state index in [1.54, 1.807) is 24.3 Å². The van der Waals surface area contributed by atoms with E-state index in [0.29, 0.717) is 23.0 Å². The van der Waals surface area contributed by atoms with Gasteiger partial charge in [0.15, 0.2) is 0 Å². The van der Waals surface area contributed by atoms with Crippen LogP contribution in [0.4, 0.5) is 0 Å². The number of amides is 2. The summed E-state index contributed by atoms with van der Waals surface area (Å²) in [5.74, 6) is 0.123. The Kier molecular flexibility index (Phi) is 6.26. The molecule has 1 atom stereocenters. The molecule has 0 radical (unpaired) electrons. The first kappa shape index (κ1) is 18.4. The standard InChI is InChI=1S/C20H22ClN3O2/c21-17-9-5-4-8-16(17)20(26)24-18(15-6-2-1-3-7-15)10-19(25)23-13-14-11-22-12-14/h1-9,14,18,22H,10-13H2,(H,23,25)(H,24,26). The van der Waals surface area contributed by atoms with Crippen molar-refractivity contribution in [2.75, 3.05) is 19.6 Å². The van der Waals surface area contributed by atoms with Gasteiger partial charge in [-0.2, -0.15) is 0 Å². The molecule has 1 heterocycles. The van der Waals surface area contributed by atoms with Gasteiger partial charge in [0, 0.05) is 25.6 Å². The van der Waals surface area contributed by atoms with Gasteiger partial charge in [0.25, 0.3) is 5.91 Å². The molecule has 136 valence electrons. The number of carbonyl (C=O) groups is 2. The molecule has 0 spiro atoms. The number of rotatable bonds is 7. The van der Waals surface area contributed by atoms with Gasteiger partial charge in [-0.15, -0.1) is 0 Å². The van der Waals surface area contributed by atoms with Gasteiger partial charge in [-0.05, 0) is 17.7 Å². The minimum absolute atomic E-state index is 0.0785. The lowest BCUT2D eigenvalue weighted by atomic mass is 10.0. The zero-order valence-corrected chi connectivity index (χ0v) is 15.1. The normalized spacial score (nSPS) is 15.0. The molecule has 0 aromatic heterocycles. The van der Waals surface area contributed by atoms with Gasteiger partial charge in [-0.1, -0.05) is 54.1 Å². The number of carbonyl (C=O) groups excluding carboxylic acids is 2. The molecular formula is C20H22ClN3O2. The lowest BCUT2D eigenvalue weighted by Gasteiger charge is -2.27. The van der Waals surface area contributed by atoms with Gasteiger partial charge in [-0.3, -0.25) is 9.59 Å². The Morgan fingerprint density at radius 2 is 1.77 bits per heavy atom. The largest absolute Gasteiger partial charge is 0.356 e. The second-order valence-corrected chi connectivity index (χ2v) is 6.86. The van der Waals surface area contributed by atoms with E-state index in [-0.39, 0.29) is 18.2 Å². The Hall–Kier alpha value is -2.37. The number of hydrogen-bond acceptors (Lipinski definition) is 3. The molecule has 2 aromatic carbocycles. The number of hydrogen-bond donors (Lipinski definition) is 3. The maximum atomic E-state index is 12.6. The molecule has 1 saturated heterocycles. The van der Waals surface area contributed by atoms with Gasteiger partial charge in [0.2, 0.25) is 5.91 Å². The lowest BCUT2D eigenvalue weighted by Crippen LogP contribution is -2.48. The summed E-state index contributed by atoms with van der Waals surface area (Å²) < 4.78 is 0. The fourth-order valence-corrected chi connectivity index (χ4v) is 3.05. The Morgan fingerprint density at radius 3 is 2.42 bits per heavy atom. The highest BCUT2D eigenvalue weighted by molar-refractivity contribution is 6.33. The number of benzene rings is 2. The molecule has 5 nitrogen and oxygen atoms in total. The van der Waals surface area contributed by atoms with Crippen LogP contribution >= 0.6 is 11.6 Å². The first-order valence-electron chi connectivity index (χ1n) is 8.71. The SMILES string of the molecule is O=C(CC(NC(=O)c1ccccc1Cl)c1ccccc1)NCC1CNC1. The number of halogens is 1. The van der Waals surface area contributed by atoms with Crippen LogP contribution in [0.2, 0.25) is 5.02 Å². The monoisotopic (exact) mass is 371 g/mol. The van der Waals surface area contributed by atoms with Crippen molar-refractivity contribution in [1.82, 2.24) is 16.0 Å². The zero-order chi connectivity index (χ0) is 18.4. The Bertz CT molecular complexity index is 763. The highest BCUT2D eigenvalue weighted by Gasteiger charge is 2.22. The molecule has 6 heteroatoms. The fourth-order valence-electron chi connectivity index (χ4n) is 2.83. The van der Waals surface area contributed by atoms with Crippen LogP contribution in [0.25, 0.3) is 0 Å². The summed E-state index contributed by atoms with van der Waals surface area (Å²) >= 11 is 6.12. The third kappa shape index (κ3) is 4.84. The van der Waals surface area contributed by atoms with Crippen LogP contribution < -0.4 is 16.0 Å². The van der Waals surface area contributed by atoms with E-state index in [9.17, 15) is 9.59 Å². The van der Waals surface area contributed by atoms with Crippen LogP contribution in [0.3, 0.4) is 0 Å². The summed E-state index contributed by atoms with van der Waals surface area (Å²) in [7, 11) is 0. The van der Waals surface area contributed by atoms with Crippen molar-refractivity contribution in [3.8, 4) is 0 Å². The first-order chi connectivity index (χ1) is 12.6. The number of nitrogens with one attached hydrogen (secondary N) is 3. The fraction of sp³-hybridized carbons (Fsp3) is 0.300. The summed E-state index contributed by atoms with van der Waals surface area (Å²) in [6, 6.07) is 16.0. The second kappa shape index (κ2) is 8.83. The highest BCUT2D eigenvalue weighted by Crippen LogP contribution is 2.20. The predicted octanol–water partition coefficient (Wildman–Crippen LogP) is 2.54. The van der Waals surface area contributed by atoms with Crippen LogP contribution in [0.15, 0.2) is 54.6 Å². The molecule has 3 rings (SSSR count). The Labute approximate surface area is 158 Å². The van der Waals surface area contributed by atoms with Gasteiger partial charge in [0.05, 0.1) is 23.0 Å². The molecule has 0 saturated carbocycles. The van der Waals surface area contributed by atoms with E-state index in [0.717, 1.165) is 18.7 Å². The maximum absolute atomic E-state index is 12.6. The van der Waals surface area contributed by atoms with Crippen molar-refractivity contribution in [3.63, 3.8) is 0 Å². The third-order valence-electron chi connectivity index (χ3n) is 4.47. The zero-order valence-electron chi connectivity index (χ0n) is 14.4. The van der Waals surface area contributed by atoms with Crippen LogP contribution in [0, 0.1) is 5.92 Å². The van der Waals surface area contributed by atoms with E-state index in [4.69, 9.17) is 11.6 Å². The molecule has 1 unspecified atom stereocenters. The molecule has 1 aliphatic rings. The van der Waals surface area contributed by atoms with Crippen molar-refractivity contribution >= 4 is 23.4 Å². The van der Waals surface area contributed by atoms with Crippen molar-refractivity contribution < 1.29 is 9.59 Å². The molecule has 1 fully saturated rings. The van der Waals surface area contributed by atoms with Crippen molar-refractivity contribution in [3.05, 3.63) is 70.7 Å². The van der Waals surface area contributed by atoms with Gasteiger partial charge >= 0.3 is 0 Å². The van der Waals surface area contributed by atoms with E-state index in [2.05, 4.69) is 16.0 Å². The maximum Gasteiger partial charge on any atom is 0.253 e. The third-order valence-corrected chi connectivity index (χ3v) is 4.80. The summed E-state index contributed by atoms with van der Waals surface area (Å²) in [6.07, 6.45) is 0.181. The van der Waals surface area contributed by atoms with Gasteiger partial charge in [-0.25, -0.2) is 0 Å². The van der Waals surface area contributed by atoms with Crippen molar-refractivity contribution in [2.45, 2.75) is 12.5 Å². The summed E-state index contributed by atoms with van der Waals surface area (Å²) in [6.45, 7) is 2.53. The average molecular weight is 372 g/mol. The molecule has 2 amide bonds. The van der Waals surface area contributed by atoms with Crippen LogP contribution in [0.1, 0.15) is 28.4 Å². The van der Waals surface area contributed by atoms with Crippen LogP contribution in [-0.2, 0) is 4.79 Å². The van der Waals surface area contributed by atoms with E-state index < -0.39 is 6.04 Å². The predicted molar refractivity (Wildman–Crippen MR) is 102 cm³/mol. The smallest absolute Gasteiger partial charge is 0.253 e. The van der Waals surface area contributed by atoms with Crippen LogP contribution in [-0.4, -0.2) is 31.4 Å². The van der Waals surface area contributed by atoms with Crippen molar-refractivity contribution in [2.24, 2.45) is 5.92 Å². The molecule has 0 aliphatic carbocycles.